The monoisotopic (exact) mass is 153 g/mol. The zero-order valence-electron chi connectivity index (χ0n) is 6.32. The number of fused-ring (bicyclic) bond motifs is 2. The molecule has 3 heteroatoms. The van der Waals surface area contributed by atoms with Crippen molar-refractivity contribution in [3.05, 3.63) is 21.9 Å². The van der Waals surface area contributed by atoms with Crippen molar-refractivity contribution in [1.82, 2.24) is 0 Å². The third-order valence-electron chi connectivity index (χ3n) is 2.86. The van der Waals surface area contributed by atoms with Crippen LogP contribution in [0.5, 0.6) is 0 Å². The molecule has 0 N–H and O–H groups in total. The SMILES string of the molecule is O=[N+]([O-])/C=C1/C[C@@H]2CC[C@H]1C2. The first-order chi connectivity index (χ1) is 5.25. The molecule has 11 heavy (non-hydrogen) atoms. The molecule has 0 aliphatic heterocycles. The molecule has 2 rings (SSSR count). The highest BCUT2D eigenvalue weighted by Crippen LogP contribution is 2.47. The first-order valence-corrected chi connectivity index (χ1v) is 4.10. The molecular formula is C8H11NO2. The first-order valence-electron chi connectivity index (χ1n) is 4.10. The van der Waals surface area contributed by atoms with Crippen LogP contribution in [0.25, 0.3) is 0 Å². The van der Waals surface area contributed by atoms with Crippen LogP contribution in [-0.2, 0) is 0 Å². The van der Waals surface area contributed by atoms with E-state index in [2.05, 4.69) is 0 Å². The Morgan fingerprint density at radius 2 is 2.36 bits per heavy atom. The van der Waals surface area contributed by atoms with Crippen LogP contribution in [0.15, 0.2) is 11.8 Å². The summed E-state index contributed by atoms with van der Waals surface area (Å²) in [5, 5.41) is 10.2. The first kappa shape index (κ1) is 6.83. The molecule has 2 saturated carbocycles. The van der Waals surface area contributed by atoms with Crippen LogP contribution in [0.4, 0.5) is 0 Å². The Morgan fingerprint density at radius 1 is 1.55 bits per heavy atom. The molecule has 0 heterocycles. The lowest BCUT2D eigenvalue weighted by Gasteiger charge is -2.09. The summed E-state index contributed by atoms with van der Waals surface area (Å²) in [6.45, 7) is 0. The highest BCUT2D eigenvalue weighted by Gasteiger charge is 2.36. The second kappa shape index (κ2) is 2.32. The summed E-state index contributed by atoms with van der Waals surface area (Å²) in [5.74, 6) is 1.33. The zero-order valence-corrected chi connectivity index (χ0v) is 6.32. The molecule has 0 unspecified atom stereocenters. The predicted molar refractivity (Wildman–Crippen MR) is 40.5 cm³/mol. The molecule has 3 nitrogen and oxygen atoms in total. The van der Waals surface area contributed by atoms with Crippen molar-refractivity contribution >= 4 is 0 Å². The Hall–Kier alpha value is -0.860. The summed E-state index contributed by atoms with van der Waals surface area (Å²) in [7, 11) is 0. The normalized spacial score (nSPS) is 38.4. The van der Waals surface area contributed by atoms with E-state index in [9.17, 15) is 10.1 Å². The average Bonchev–Trinajstić information content (AvgIpc) is 2.45. The quantitative estimate of drug-likeness (QED) is 0.427. The Labute approximate surface area is 65.2 Å². The van der Waals surface area contributed by atoms with Gasteiger partial charge in [-0.3, -0.25) is 10.1 Å². The zero-order chi connectivity index (χ0) is 7.84. The molecule has 0 aromatic carbocycles. The van der Waals surface area contributed by atoms with E-state index < -0.39 is 0 Å². The van der Waals surface area contributed by atoms with Gasteiger partial charge in [0.25, 0.3) is 0 Å². The van der Waals surface area contributed by atoms with E-state index >= 15 is 0 Å². The maximum atomic E-state index is 10.2. The maximum absolute atomic E-state index is 10.2. The molecular weight excluding hydrogens is 142 g/mol. The van der Waals surface area contributed by atoms with Gasteiger partial charge < -0.3 is 0 Å². The Morgan fingerprint density at radius 3 is 2.82 bits per heavy atom. The summed E-state index contributed by atoms with van der Waals surface area (Å²) in [6.07, 6.45) is 5.90. The van der Waals surface area contributed by atoms with Gasteiger partial charge in [0.2, 0.25) is 6.20 Å². The molecule has 2 atom stereocenters. The summed E-state index contributed by atoms with van der Waals surface area (Å²) in [5.41, 5.74) is 1.09. The van der Waals surface area contributed by atoms with E-state index in [-0.39, 0.29) is 4.92 Å². The standard InChI is InChI=1S/C8H11NO2/c10-9(11)5-8-4-6-1-2-7(8)3-6/h5-7H,1-4H2/b8-5-/t6-,7+/m1/s1. The van der Waals surface area contributed by atoms with E-state index in [0.29, 0.717) is 5.92 Å². The van der Waals surface area contributed by atoms with Crippen molar-refractivity contribution in [2.45, 2.75) is 25.7 Å². The second-order valence-corrected chi connectivity index (χ2v) is 3.57. The fourth-order valence-electron chi connectivity index (χ4n) is 2.39. The van der Waals surface area contributed by atoms with Gasteiger partial charge in [-0.2, -0.15) is 0 Å². The number of hydrogen-bond acceptors (Lipinski definition) is 2. The fourth-order valence-corrected chi connectivity index (χ4v) is 2.39. The summed E-state index contributed by atoms with van der Waals surface area (Å²) in [4.78, 5) is 9.85. The van der Waals surface area contributed by atoms with Gasteiger partial charge in [-0.15, -0.1) is 0 Å². The van der Waals surface area contributed by atoms with E-state index in [1.165, 1.54) is 25.5 Å². The molecule has 2 fully saturated rings. The van der Waals surface area contributed by atoms with E-state index in [0.717, 1.165) is 17.9 Å². The third kappa shape index (κ3) is 1.15. The lowest BCUT2D eigenvalue weighted by molar-refractivity contribution is -0.403. The fraction of sp³-hybridized carbons (Fsp3) is 0.750. The molecule has 0 spiro atoms. The molecule has 0 radical (unpaired) electrons. The van der Waals surface area contributed by atoms with Crippen molar-refractivity contribution in [2.24, 2.45) is 11.8 Å². The van der Waals surface area contributed by atoms with Crippen LogP contribution in [0.1, 0.15) is 25.7 Å². The van der Waals surface area contributed by atoms with Crippen molar-refractivity contribution in [3.63, 3.8) is 0 Å². The van der Waals surface area contributed by atoms with Gasteiger partial charge in [0, 0.05) is 5.57 Å². The van der Waals surface area contributed by atoms with Gasteiger partial charge in [0.1, 0.15) is 0 Å². The van der Waals surface area contributed by atoms with E-state index in [4.69, 9.17) is 0 Å². The number of nitrogens with zero attached hydrogens (tertiary/aromatic N) is 1. The Bertz CT molecular complexity index is 222. The molecule has 0 amide bonds. The van der Waals surface area contributed by atoms with Crippen LogP contribution in [0.3, 0.4) is 0 Å². The van der Waals surface area contributed by atoms with Crippen molar-refractivity contribution in [1.29, 1.82) is 0 Å². The number of rotatable bonds is 1. The minimum atomic E-state index is -0.309. The Balaban J connectivity index is 2.13. The highest BCUT2D eigenvalue weighted by atomic mass is 16.6. The van der Waals surface area contributed by atoms with Crippen molar-refractivity contribution < 1.29 is 4.92 Å². The van der Waals surface area contributed by atoms with Crippen molar-refractivity contribution in [2.75, 3.05) is 0 Å². The smallest absolute Gasteiger partial charge is 0.233 e. The second-order valence-electron chi connectivity index (χ2n) is 3.57. The summed E-state index contributed by atoms with van der Waals surface area (Å²) < 4.78 is 0. The number of nitro groups is 1. The lowest BCUT2D eigenvalue weighted by Crippen LogP contribution is -2.00. The van der Waals surface area contributed by atoms with Crippen LogP contribution < -0.4 is 0 Å². The maximum Gasteiger partial charge on any atom is 0.233 e. The van der Waals surface area contributed by atoms with Crippen LogP contribution in [0, 0.1) is 22.0 Å². The molecule has 0 saturated heterocycles. The number of hydrogen-bond donors (Lipinski definition) is 0. The van der Waals surface area contributed by atoms with Gasteiger partial charge in [-0.05, 0) is 37.5 Å². The van der Waals surface area contributed by atoms with Crippen LogP contribution >= 0.6 is 0 Å². The van der Waals surface area contributed by atoms with E-state index in [1.807, 2.05) is 0 Å². The van der Waals surface area contributed by atoms with Crippen LogP contribution in [0.2, 0.25) is 0 Å². The van der Waals surface area contributed by atoms with Crippen molar-refractivity contribution in [3.8, 4) is 0 Å². The lowest BCUT2D eigenvalue weighted by atomic mass is 9.96. The summed E-state index contributed by atoms with van der Waals surface area (Å²) in [6, 6.07) is 0. The molecule has 0 aromatic rings. The number of allylic oxidation sites excluding steroid dienone is 1. The minimum Gasteiger partial charge on any atom is -0.259 e. The van der Waals surface area contributed by atoms with E-state index in [1.54, 1.807) is 0 Å². The van der Waals surface area contributed by atoms with Gasteiger partial charge in [-0.1, -0.05) is 0 Å². The third-order valence-corrected chi connectivity index (χ3v) is 2.86. The minimum absolute atomic E-state index is 0.309. The van der Waals surface area contributed by atoms with Gasteiger partial charge in [0.15, 0.2) is 0 Å². The Kier molecular flexibility index (Phi) is 1.44. The average molecular weight is 153 g/mol. The van der Waals surface area contributed by atoms with Gasteiger partial charge in [-0.25, -0.2) is 0 Å². The molecule has 60 valence electrons. The highest BCUT2D eigenvalue weighted by molar-refractivity contribution is 5.14. The summed E-state index contributed by atoms with van der Waals surface area (Å²) >= 11 is 0. The molecule has 2 bridgehead atoms. The van der Waals surface area contributed by atoms with Crippen LogP contribution in [-0.4, -0.2) is 4.92 Å². The molecule has 0 aromatic heterocycles. The largest absolute Gasteiger partial charge is 0.259 e. The van der Waals surface area contributed by atoms with Gasteiger partial charge in [0.05, 0.1) is 4.92 Å². The molecule has 2 aliphatic rings. The topological polar surface area (TPSA) is 43.1 Å². The van der Waals surface area contributed by atoms with Gasteiger partial charge >= 0.3 is 0 Å². The molecule has 2 aliphatic carbocycles. The predicted octanol–water partition coefficient (Wildman–Crippen LogP) is 1.97.